The molecule has 0 saturated carbocycles. The Balaban J connectivity index is 1.90. The highest BCUT2D eigenvalue weighted by Gasteiger charge is 2.17. The summed E-state index contributed by atoms with van der Waals surface area (Å²) < 4.78 is 14.0. The fourth-order valence-corrected chi connectivity index (χ4v) is 3.19. The summed E-state index contributed by atoms with van der Waals surface area (Å²) in [7, 11) is 4.10. The minimum Gasteiger partial charge on any atom is -0.340 e. The Hall–Kier alpha value is -3.18. The Bertz CT molecular complexity index is 944. The van der Waals surface area contributed by atoms with E-state index in [2.05, 4.69) is 29.2 Å². The summed E-state index contributed by atoms with van der Waals surface area (Å²) in [5.41, 5.74) is 2.59. The number of para-hydroxylation sites is 3. The molecule has 0 fully saturated rings. The molecule has 1 amide bonds. The van der Waals surface area contributed by atoms with Crippen LogP contribution in [0.1, 0.15) is 16.8 Å². The fourth-order valence-electron chi connectivity index (χ4n) is 3.19. The molecule has 3 rings (SSSR count). The van der Waals surface area contributed by atoms with Crippen LogP contribution >= 0.6 is 0 Å². The van der Waals surface area contributed by atoms with E-state index in [1.165, 1.54) is 12.1 Å². The lowest BCUT2D eigenvalue weighted by atomic mass is 10.1. The quantitative estimate of drug-likeness (QED) is 0.576. The Kier molecular flexibility index (Phi) is 6.98. The molecule has 0 radical (unpaired) electrons. The van der Waals surface area contributed by atoms with Crippen LogP contribution in [0.2, 0.25) is 0 Å². The van der Waals surface area contributed by atoms with Crippen molar-refractivity contribution >= 4 is 23.0 Å². The van der Waals surface area contributed by atoms with Crippen LogP contribution in [-0.2, 0) is 0 Å². The van der Waals surface area contributed by atoms with Gasteiger partial charge in [-0.2, -0.15) is 0 Å². The van der Waals surface area contributed by atoms with Gasteiger partial charge in [0.05, 0.1) is 16.9 Å². The smallest absolute Gasteiger partial charge is 0.258 e. The first-order chi connectivity index (χ1) is 14.1. The van der Waals surface area contributed by atoms with Crippen LogP contribution in [0.15, 0.2) is 78.9 Å². The molecule has 3 aromatic carbocycles. The first-order valence-corrected chi connectivity index (χ1v) is 9.68. The maximum Gasteiger partial charge on any atom is 0.258 e. The molecule has 1 N–H and O–H groups in total. The molecule has 4 nitrogen and oxygen atoms in total. The van der Waals surface area contributed by atoms with E-state index in [0.717, 1.165) is 30.9 Å². The first kappa shape index (κ1) is 20.6. The third kappa shape index (κ3) is 5.42. The molecule has 0 atom stereocenters. The van der Waals surface area contributed by atoms with Crippen molar-refractivity contribution in [3.63, 3.8) is 0 Å². The molecule has 0 saturated heterocycles. The zero-order valence-corrected chi connectivity index (χ0v) is 16.8. The molecular formula is C24H26FN3O. The monoisotopic (exact) mass is 391 g/mol. The summed E-state index contributed by atoms with van der Waals surface area (Å²) in [6, 6.07) is 23.7. The van der Waals surface area contributed by atoms with Gasteiger partial charge in [0, 0.05) is 12.2 Å². The van der Waals surface area contributed by atoms with Crippen molar-refractivity contribution in [3.8, 4) is 0 Å². The van der Waals surface area contributed by atoms with Gasteiger partial charge in [-0.3, -0.25) is 4.79 Å². The predicted molar refractivity (Wildman–Crippen MR) is 117 cm³/mol. The Morgan fingerprint density at radius 1 is 0.862 bits per heavy atom. The standard InChI is InChI=1S/C24H26FN3O/c1-27(2)17-10-18-28(19-11-4-3-5-12-19)23-16-9-8-15-22(23)26-24(29)20-13-6-7-14-21(20)25/h3-9,11-16H,10,17-18H2,1-2H3,(H,26,29). The average Bonchev–Trinajstić information content (AvgIpc) is 2.72. The maximum atomic E-state index is 14.0. The van der Waals surface area contributed by atoms with Crippen molar-refractivity contribution in [1.29, 1.82) is 0 Å². The second kappa shape index (κ2) is 9.85. The number of hydrogen-bond acceptors (Lipinski definition) is 3. The molecule has 150 valence electrons. The highest BCUT2D eigenvalue weighted by molar-refractivity contribution is 6.06. The lowest BCUT2D eigenvalue weighted by Crippen LogP contribution is -2.24. The van der Waals surface area contributed by atoms with Crippen LogP contribution < -0.4 is 10.2 Å². The van der Waals surface area contributed by atoms with E-state index in [0.29, 0.717) is 5.69 Å². The van der Waals surface area contributed by atoms with Crippen molar-refractivity contribution in [3.05, 3.63) is 90.2 Å². The van der Waals surface area contributed by atoms with Gasteiger partial charge in [0.25, 0.3) is 5.91 Å². The van der Waals surface area contributed by atoms with E-state index in [1.807, 2.05) is 54.6 Å². The highest BCUT2D eigenvalue weighted by atomic mass is 19.1. The zero-order valence-electron chi connectivity index (χ0n) is 16.8. The Morgan fingerprint density at radius 2 is 1.52 bits per heavy atom. The number of halogens is 1. The van der Waals surface area contributed by atoms with Gasteiger partial charge in [-0.25, -0.2) is 4.39 Å². The molecule has 0 aliphatic rings. The molecule has 3 aromatic rings. The Labute approximate surface area is 171 Å². The summed E-state index contributed by atoms with van der Waals surface area (Å²) in [5, 5.41) is 2.89. The molecular weight excluding hydrogens is 365 g/mol. The van der Waals surface area contributed by atoms with Gasteiger partial charge in [0.2, 0.25) is 0 Å². The van der Waals surface area contributed by atoms with Gasteiger partial charge < -0.3 is 15.1 Å². The predicted octanol–water partition coefficient (Wildman–Crippen LogP) is 5.17. The second-order valence-corrected chi connectivity index (χ2v) is 7.10. The minimum atomic E-state index is -0.534. The SMILES string of the molecule is CN(C)CCCN(c1ccccc1)c1ccccc1NC(=O)c1ccccc1F. The lowest BCUT2D eigenvalue weighted by molar-refractivity contribution is 0.102. The second-order valence-electron chi connectivity index (χ2n) is 7.10. The molecule has 5 heteroatoms. The minimum absolute atomic E-state index is 0.0289. The number of amides is 1. The van der Waals surface area contributed by atoms with Crippen molar-refractivity contribution in [2.45, 2.75) is 6.42 Å². The molecule has 0 aliphatic carbocycles. The van der Waals surface area contributed by atoms with Gasteiger partial charge in [-0.15, -0.1) is 0 Å². The summed E-state index contributed by atoms with van der Waals surface area (Å²) in [6.45, 7) is 1.74. The van der Waals surface area contributed by atoms with E-state index >= 15 is 0 Å². The molecule has 0 spiro atoms. The molecule has 0 aromatic heterocycles. The number of benzene rings is 3. The van der Waals surface area contributed by atoms with Crippen molar-refractivity contribution in [2.75, 3.05) is 37.4 Å². The number of carbonyl (C=O) groups is 1. The molecule has 0 heterocycles. The third-order valence-electron chi connectivity index (χ3n) is 4.62. The van der Waals surface area contributed by atoms with Gasteiger partial charge >= 0.3 is 0 Å². The summed E-state index contributed by atoms with van der Waals surface area (Å²) in [6.07, 6.45) is 0.956. The molecule has 0 bridgehead atoms. The van der Waals surface area contributed by atoms with Crippen LogP contribution in [0.5, 0.6) is 0 Å². The van der Waals surface area contributed by atoms with E-state index in [1.54, 1.807) is 12.1 Å². The number of carbonyl (C=O) groups excluding carboxylic acids is 1. The van der Waals surface area contributed by atoms with Crippen LogP contribution in [0.25, 0.3) is 0 Å². The maximum absolute atomic E-state index is 14.0. The Morgan fingerprint density at radius 3 is 2.24 bits per heavy atom. The van der Waals surface area contributed by atoms with Crippen LogP contribution in [0.4, 0.5) is 21.5 Å². The third-order valence-corrected chi connectivity index (χ3v) is 4.62. The topological polar surface area (TPSA) is 35.6 Å². The summed E-state index contributed by atoms with van der Waals surface area (Å²) >= 11 is 0. The molecule has 0 unspecified atom stereocenters. The summed E-state index contributed by atoms with van der Waals surface area (Å²) in [5.74, 6) is -0.995. The van der Waals surface area contributed by atoms with Gasteiger partial charge in [-0.05, 0) is 63.5 Å². The van der Waals surface area contributed by atoms with E-state index < -0.39 is 11.7 Å². The van der Waals surface area contributed by atoms with Crippen molar-refractivity contribution in [2.24, 2.45) is 0 Å². The van der Waals surface area contributed by atoms with E-state index in [-0.39, 0.29) is 5.56 Å². The number of anilines is 3. The zero-order chi connectivity index (χ0) is 20.6. The highest BCUT2D eigenvalue weighted by Crippen LogP contribution is 2.32. The number of rotatable bonds is 8. The first-order valence-electron chi connectivity index (χ1n) is 9.68. The fraction of sp³-hybridized carbons (Fsp3) is 0.208. The van der Waals surface area contributed by atoms with Crippen LogP contribution in [-0.4, -0.2) is 38.0 Å². The molecule has 29 heavy (non-hydrogen) atoms. The number of nitrogens with zero attached hydrogens (tertiary/aromatic N) is 2. The van der Waals surface area contributed by atoms with Crippen LogP contribution in [0.3, 0.4) is 0 Å². The lowest BCUT2D eigenvalue weighted by Gasteiger charge is -2.28. The number of hydrogen-bond donors (Lipinski definition) is 1. The largest absolute Gasteiger partial charge is 0.340 e. The van der Waals surface area contributed by atoms with Gasteiger partial charge in [-0.1, -0.05) is 42.5 Å². The van der Waals surface area contributed by atoms with E-state index in [4.69, 9.17) is 0 Å². The van der Waals surface area contributed by atoms with Crippen molar-refractivity contribution < 1.29 is 9.18 Å². The summed E-state index contributed by atoms with van der Waals surface area (Å²) in [4.78, 5) is 17.0. The number of nitrogens with one attached hydrogen (secondary N) is 1. The van der Waals surface area contributed by atoms with Gasteiger partial charge in [0.1, 0.15) is 5.82 Å². The van der Waals surface area contributed by atoms with Gasteiger partial charge in [0.15, 0.2) is 0 Å². The van der Waals surface area contributed by atoms with Crippen molar-refractivity contribution in [1.82, 2.24) is 4.90 Å². The van der Waals surface area contributed by atoms with E-state index in [9.17, 15) is 9.18 Å². The average molecular weight is 391 g/mol. The normalized spacial score (nSPS) is 10.8. The van der Waals surface area contributed by atoms with Crippen LogP contribution in [0, 0.1) is 5.82 Å². The molecule has 0 aliphatic heterocycles.